The van der Waals surface area contributed by atoms with Crippen LogP contribution in [0.2, 0.25) is 0 Å². The molecule has 4 rings (SSSR count). The summed E-state index contributed by atoms with van der Waals surface area (Å²) in [4.78, 5) is 15.2. The van der Waals surface area contributed by atoms with E-state index < -0.39 is 0 Å². The van der Waals surface area contributed by atoms with Crippen LogP contribution in [0.5, 0.6) is 5.75 Å². The van der Waals surface area contributed by atoms with Crippen molar-refractivity contribution in [3.63, 3.8) is 0 Å². The van der Waals surface area contributed by atoms with E-state index in [0.29, 0.717) is 5.82 Å². The number of benzene rings is 2. The van der Waals surface area contributed by atoms with Gasteiger partial charge >= 0.3 is 0 Å². The number of nitrogens with one attached hydrogen (secondary N) is 2. The van der Waals surface area contributed by atoms with Gasteiger partial charge in [-0.25, -0.2) is 0 Å². The first-order valence-corrected chi connectivity index (χ1v) is 9.99. The first kappa shape index (κ1) is 19.2. The maximum Gasteiger partial charge on any atom is 0.229 e. The van der Waals surface area contributed by atoms with Crippen LogP contribution in [0.25, 0.3) is 11.3 Å². The number of rotatable bonds is 6. The summed E-state index contributed by atoms with van der Waals surface area (Å²) < 4.78 is 5.41. The number of nitrogens with zero attached hydrogens (tertiary/aromatic N) is 2. The van der Waals surface area contributed by atoms with Gasteiger partial charge in [-0.15, -0.1) is 0 Å². The van der Waals surface area contributed by atoms with Crippen molar-refractivity contribution in [2.75, 3.05) is 25.5 Å². The van der Waals surface area contributed by atoms with E-state index >= 15 is 0 Å². The Bertz CT molecular complexity index is 954. The molecule has 0 aliphatic carbocycles. The molecule has 1 fully saturated rings. The fourth-order valence-electron chi connectivity index (χ4n) is 3.87. The number of hydrogen-bond donors (Lipinski definition) is 2. The predicted octanol–water partition coefficient (Wildman–Crippen LogP) is 3.94. The summed E-state index contributed by atoms with van der Waals surface area (Å²) in [5, 5.41) is 10.2. The Kier molecular flexibility index (Phi) is 5.91. The Hall–Kier alpha value is -3.12. The topological polar surface area (TPSA) is 70.2 Å². The second-order valence-corrected chi connectivity index (χ2v) is 7.42. The van der Waals surface area contributed by atoms with Crippen LogP contribution in [-0.4, -0.2) is 41.2 Å². The van der Waals surface area contributed by atoms with E-state index in [-0.39, 0.29) is 11.8 Å². The molecule has 1 amide bonds. The first-order chi connectivity index (χ1) is 14.2. The highest BCUT2D eigenvalue weighted by Crippen LogP contribution is 2.29. The normalized spacial score (nSPS) is 17.1. The van der Waals surface area contributed by atoms with Crippen molar-refractivity contribution in [3.05, 3.63) is 66.2 Å². The largest absolute Gasteiger partial charge is 0.496 e. The number of H-pyrrole nitrogens is 1. The quantitative estimate of drug-likeness (QED) is 0.669. The van der Waals surface area contributed by atoms with Crippen LogP contribution in [0.1, 0.15) is 18.4 Å². The average molecular weight is 390 g/mol. The molecule has 0 spiro atoms. The van der Waals surface area contributed by atoms with Gasteiger partial charge in [0.05, 0.1) is 18.7 Å². The number of para-hydroxylation sites is 1. The molecule has 1 aliphatic heterocycles. The number of aromatic amines is 1. The van der Waals surface area contributed by atoms with Crippen molar-refractivity contribution < 1.29 is 9.53 Å². The van der Waals surface area contributed by atoms with Gasteiger partial charge in [-0.3, -0.25) is 14.8 Å². The number of aromatic nitrogens is 2. The zero-order valence-electron chi connectivity index (χ0n) is 16.6. The van der Waals surface area contributed by atoms with Gasteiger partial charge in [0.15, 0.2) is 5.82 Å². The molecule has 150 valence electrons. The number of carbonyl (C=O) groups is 1. The monoisotopic (exact) mass is 390 g/mol. The number of hydrogen-bond acceptors (Lipinski definition) is 4. The summed E-state index contributed by atoms with van der Waals surface area (Å²) in [6.07, 6.45) is 1.93. The van der Waals surface area contributed by atoms with Crippen LogP contribution in [0.4, 0.5) is 5.82 Å². The third-order valence-electron chi connectivity index (χ3n) is 5.35. The zero-order valence-corrected chi connectivity index (χ0v) is 16.6. The van der Waals surface area contributed by atoms with Crippen molar-refractivity contribution >= 4 is 11.7 Å². The summed E-state index contributed by atoms with van der Waals surface area (Å²) in [5.74, 6) is 1.30. The van der Waals surface area contributed by atoms with E-state index in [9.17, 15) is 4.79 Å². The maximum absolute atomic E-state index is 12.8. The smallest absolute Gasteiger partial charge is 0.229 e. The van der Waals surface area contributed by atoms with Crippen molar-refractivity contribution in [2.24, 2.45) is 5.92 Å². The lowest BCUT2D eigenvalue weighted by Crippen LogP contribution is -2.40. The van der Waals surface area contributed by atoms with Gasteiger partial charge in [-0.05, 0) is 37.1 Å². The third-order valence-corrected chi connectivity index (χ3v) is 5.35. The van der Waals surface area contributed by atoms with E-state index in [1.165, 1.54) is 5.56 Å². The minimum Gasteiger partial charge on any atom is -0.496 e. The number of likely N-dealkylation sites (tertiary alicyclic amines) is 1. The second-order valence-electron chi connectivity index (χ2n) is 7.42. The molecule has 0 bridgehead atoms. The number of piperidine rings is 1. The van der Waals surface area contributed by atoms with Gasteiger partial charge in [0.1, 0.15) is 5.75 Å². The molecule has 2 heterocycles. The van der Waals surface area contributed by atoms with Gasteiger partial charge in [0.2, 0.25) is 5.91 Å². The van der Waals surface area contributed by atoms with Crippen LogP contribution >= 0.6 is 0 Å². The fourth-order valence-corrected chi connectivity index (χ4v) is 3.87. The third kappa shape index (κ3) is 4.66. The summed E-state index contributed by atoms with van der Waals surface area (Å²) >= 11 is 0. The van der Waals surface area contributed by atoms with Crippen LogP contribution in [0.3, 0.4) is 0 Å². The summed E-state index contributed by atoms with van der Waals surface area (Å²) in [7, 11) is 1.64. The van der Waals surface area contributed by atoms with Gasteiger partial charge in [-0.1, -0.05) is 42.5 Å². The highest BCUT2D eigenvalue weighted by atomic mass is 16.5. The Morgan fingerprint density at radius 2 is 2.00 bits per heavy atom. The number of amides is 1. The summed E-state index contributed by atoms with van der Waals surface area (Å²) in [5.41, 5.74) is 3.00. The number of carbonyl (C=O) groups excluding carboxylic acids is 1. The lowest BCUT2D eigenvalue weighted by molar-refractivity contribution is -0.121. The average Bonchev–Trinajstić information content (AvgIpc) is 3.23. The molecule has 3 aromatic rings. The summed E-state index contributed by atoms with van der Waals surface area (Å²) in [6.45, 7) is 2.68. The molecular formula is C23H26N4O2. The van der Waals surface area contributed by atoms with Gasteiger partial charge in [0.25, 0.3) is 0 Å². The molecule has 6 heteroatoms. The fraction of sp³-hybridized carbons (Fsp3) is 0.304. The van der Waals surface area contributed by atoms with Gasteiger partial charge in [-0.2, -0.15) is 5.10 Å². The Morgan fingerprint density at radius 1 is 1.21 bits per heavy atom. The molecule has 1 aliphatic rings. The van der Waals surface area contributed by atoms with E-state index in [4.69, 9.17) is 4.74 Å². The lowest BCUT2D eigenvalue weighted by atomic mass is 9.96. The molecule has 6 nitrogen and oxygen atoms in total. The van der Waals surface area contributed by atoms with Crippen LogP contribution in [-0.2, 0) is 11.3 Å². The first-order valence-electron chi connectivity index (χ1n) is 9.99. The minimum absolute atomic E-state index is 0.0286. The SMILES string of the molecule is COc1ccccc1-c1cc(NC(=O)C2CCCN(Cc3ccccc3)C2)n[nH]1. The molecule has 0 radical (unpaired) electrons. The van der Waals surface area contributed by atoms with Crippen molar-refractivity contribution in [1.82, 2.24) is 15.1 Å². The number of anilines is 1. The molecule has 1 atom stereocenters. The van der Waals surface area contributed by atoms with E-state index in [2.05, 4.69) is 44.7 Å². The van der Waals surface area contributed by atoms with Crippen molar-refractivity contribution in [2.45, 2.75) is 19.4 Å². The molecule has 1 unspecified atom stereocenters. The molecular weight excluding hydrogens is 364 g/mol. The Balaban J connectivity index is 1.38. The highest BCUT2D eigenvalue weighted by Gasteiger charge is 2.26. The molecule has 2 N–H and O–H groups in total. The summed E-state index contributed by atoms with van der Waals surface area (Å²) in [6, 6.07) is 20.0. The maximum atomic E-state index is 12.8. The standard InChI is InChI=1S/C23H26N4O2/c1-29-21-12-6-5-11-19(21)20-14-22(26-25-20)24-23(28)18-10-7-13-27(16-18)15-17-8-3-2-4-9-17/h2-6,8-9,11-12,14,18H,7,10,13,15-16H2,1H3,(H2,24,25,26,28). The molecule has 0 saturated carbocycles. The molecule has 1 aromatic heterocycles. The van der Waals surface area contributed by atoms with Crippen LogP contribution in [0, 0.1) is 5.92 Å². The van der Waals surface area contributed by atoms with Crippen LogP contribution < -0.4 is 10.1 Å². The minimum atomic E-state index is -0.0288. The predicted molar refractivity (Wildman–Crippen MR) is 114 cm³/mol. The van der Waals surface area contributed by atoms with E-state index in [1.54, 1.807) is 7.11 Å². The van der Waals surface area contributed by atoms with Gasteiger partial charge in [0, 0.05) is 24.7 Å². The molecule has 29 heavy (non-hydrogen) atoms. The number of methoxy groups -OCH3 is 1. The molecule has 2 aromatic carbocycles. The zero-order chi connectivity index (χ0) is 20.1. The lowest BCUT2D eigenvalue weighted by Gasteiger charge is -2.31. The Labute approximate surface area is 170 Å². The second kappa shape index (κ2) is 8.92. The number of ether oxygens (including phenoxy) is 1. The highest BCUT2D eigenvalue weighted by molar-refractivity contribution is 5.92. The van der Waals surface area contributed by atoms with Crippen molar-refractivity contribution in [3.8, 4) is 17.0 Å². The van der Waals surface area contributed by atoms with E-state index in [1.807, 2.05) is 36.4 Å². The van der Waals surface area contributed by atoms with Crippen LogP contribution in [0.15, 0.2) is 60.7 Å². The molecule has 1 saturated heterocycles. The Morgan fingerprint density at radius 3 is 2.83 bits per heavy atom. The van der Waals surface area contributed by atoms with E-state index in [0.717, 1.165) is 49.5 Å². The van der Waals surface area contributed by atoms with Gasteiger partial charge < -0.3 is 10.1 Å². The van der Waals surface area contributed by atoms with Crippen molar-refractivity contribution in [1.29, 1.82) is 0 Å².